The van der Waals surface area contributed by atoms with Gasteiger partial charge in [0.25, 0.3) is 0 Å². The molecule has 0 heterocycles. The van der Waals surface area contributed by atoms with Crippen molar-refractivity contribution in [2.75, 3.05) is 13.2 Å². The van der Waals surface area contributed by atoms with Crippen molar-refractivity contribution in [2.45, 2.75) is 45.8 Å². The summed E-state index contributed by atoms with van der Waals surface area (Å²) in [6, 6.07) is 3.59. The number of ether oxygens (including phenoxy) is 2. The van der Waals surface area contributed by atoms with Gasteiger partial charge in [-0.25, -0.2) is 0 Å². The largest absolute Gasteiger partial charge is 0.507 e. The number of hydrogen-bond donors (Lipinski definition) is 1. The average Bonchev–Trinajstić information content (AvgIpc) is 2.38. The van der Waals surface area contributed by atoms with Crippen molar-refractivity contribution in [3.8, 4) is 5.75 Å². The summed E-state index contributed by atoms with van der Waals surface area (Å²) in [6.07, 6.45) is 0.752. The van der Waals surface area contributed by atoms with Gasteiger partial charge in [-0.15, -0.1) is 0 Å². The van der Waals surface area contributed by atoms with E-state index in [1.54, 1.807) is 6.07 Å². The summed E-state index contributed by atoms with van der Waals surface area (Å²) in [5, 5.41) is 10.1. The number of hydrogen-bond acceptors (Lipinski definition) is 4. The Hall–Kier alpha value is -1.39. The van der Waals surface area contributed by atoms with Crippen LogP contribution in [0.3, 0.4) is 0 Å². The third-order valence-corrected chi connectivity index (χ3v) is 3.64. The molecule has 0 radical (unpaired) electrons. The molecule has 2 rings (SSSR count). The number of Topliss-reactive ketones (excluding diaryl/α,β-unsaturated/α-hetero) is 1. The third-order valence-electron chi connectivity index (χ3n) is 3.64. The van der Waals surface area contributed by atoms with Crippen LogP contribution in [0.1, 0.15) is 54.1 Å². The maximum absolute atomic E-state index is 12.1. The van der Waals surface area contributed by atoms with E-state index >= 15 is 0 Å². The van der Waals surface area contributed by atoms with Crippen LogP contribution in [0.5, 0.6) is 5.75 Å². The van der Waals surface area contributed by atoms with E-state index in [0.29, 0.717) is 31.6 Å². The lowest BCUT2D eigenvalue weighted by Crippen LogP contribution is -2.30. The number of carbonyl (C=O) groups is 1. The zero-order valence-corrected chi connectivity index (χ0v) is 12.3. The summed E-state index contributed by atoms with van der Waals surface area (Å²) in [6.45, 7) is 6.88. The Bertz CT molecular complexity index is 489. The van der Waals surface area contributed by atoms with Crippen LogP contribution >= 0.6 is 0 Å². The Morgan fingerprint density at radius 2 is 1.95 bits per heavy atom. The summed E-state index contributed by atoms with van der Waals surface area (Å²) >= 11 is 0. The number of phenolic OH excluding ortho intramolecular Hbond substituents is 1. The molecule has 1 aromatic carbocycles. The maximum Gasteiger partial charge on any atom is 0.166 e. The quantitative estimate of drug-likeness (QED) is 0.841. The predicted molar refractivity (Wildman–Crippen MR) is 76.2 cm³/mol. The second kappa shape index (κ2) is 6.37. The van der Waals surface area contributed by atoms with Crippen molar-refractivity contribution in [1.82, 2.24) is 0 Å². The Balaban J connectivity index is 2.43. The molecule has 0 spiro atoms. The highest BCUT2D eigenvalue weighted by Gasteiger charge is 2.34. The summed E-state index contributed by atoms with van der Waals surface area (Å²) in [5.41, 5.74) is 2.23. The van der Waals surface area contributed by atoms with E-state index in [0.717, 1.165) is 11.1 Å². The van der Waals surface area contributed by atoms with Gasteiger partial charge in [-0.05, 0) is 44.4 Å². The number of rotatable bonds is 5. The van der Waals surface area contributed by atoms with Crippen molar-refractivity contribution in [3.63, 3.8) is 0 Å². The van der Waals surface area contributed by atoms with E-state index in [2.05, 4.69) is 0 Å². The smallest absolute Gasteiger partial charge is 0.166 e. The molecule has 4 nitrogen and oxygen atoms in total. The van der Waals surface area contributed by atoms with Crippen molar-refractivity contribution >= 4 is 5.78 Å². The third kappa shape index (κ3) is 2.86. The number of aromatic hydroxyl groups is 1. The zero-order valence-electron chi connectivity index (χ0n) is 12.3. The second-order valence-electron chi connectivity index (χ2n) is 5.10. The van der Waals surface area contributed by atoms with E-state index in [1.165, 1.54) is 0 Å². The Morgan fingerprint density at radius 1 is 1.30 bits per heavy atom. The number of fused-ring (bicyclic) bond motifs is 1. The van der Waals surface area contributed by atoms with Gasteiger partial charge in [0.1, 0.15) is 5.75 Å². The normalized spacial score (nSPS) is 18.4. The van der Waals surface area contributed by atoms with Crippen LogP contribution in [-0.4, -0.2) is 30.4 Å². The number of phenols is 1. The lowest BCUT2D eigenvalue weighted by Gasteiger charge is -2.31. The molecule has 1 aliphatic carbocycles. The summed E-state index contributed by atoms with van der Waals surface area (Å²) < 4.78 is 11.4. The molecular weight excluding hydrogens is 256 g/mol. The number of benzene rings is 1. The molecule has 0 fully saturated rings. The van der Waals surface area contributed by atoms with Crippen LogP contribution in [0.2, 0.25) is 0 Å². The molecule has 110 valence electrons. The Kier molecular flexibility index (Phi) is 4.78. The fourth-order valence-corrected chi connectivity index (χ4v) is 2.85. The molecule has 1 aliphatic rings. The number of aryl methyl sites for hydroxylation is 1. The van der Waals surface area contributed by atoms with Gasteiger partial charge < -0.3 is 14.6 Å². The highest BCUT2D eigenvalue weighted by atomic mass is 16.7. The van der Waals surface area contributed by atoms with E-state index in [9.17, 15) is 9.90 Å². The van der Waals surface area contributed by atoms with Gasteiger partial charge in [0.05, 0.1) is 5.56 Å². The van der Waals surface area contributed by atoms with Crippen molar-refractivity contribution < 1.29 is 19.4 Å². The second-order valence-corrected chi connectivity index (χ2v) is 5.10. The molecular formula is C16H22O4. The van der Waals surface area contributed by atoms with Gasteiger partial charge in [0, 0.05) is 25.6 Å². The van der Waals surface area contributed by atoms with Crippen molar-refractivity contribution in [1.29, 1.82) is 0 Å². The SMILES string of the molecule is CCOC(OCC)C1CCC(=O)c2c(O)cc(C)cc21. The minimum Gasteiger partial charge on any atom is -0.507 e. The zero-order chi connectivity index (χ0) is 14.7. The lowest BCUT2D eigenvalue weighted by atomic mass is 9.80. The first kappa shape index (κ1) is 15.0. The van der Waals surface area contributed by atoms with E-state index in [4.69, 9.17) is 9.47 Å². The Labute approximate surface area is 119 Å². The minimum atomic E-state index is -0.363. The first-order valence-corrected chi connectivity index (χ1v) is 7.18. The van der Waals surface area contributed by atoms with Crippen LogP contribution in [-0.2, 0) is 9.47 Å². The fourth-order valence-electron chi connectivity index (χ4n) is 2.85. The number of ketones is 1. The van der Waals surface area contributed by atoms with Crippen LogP contribution in [0.4, 0.5) is 0 Å². The molecule has 0 saturated carbocycles. The van der Waals surface area contributed by atoms with Crippen molar-refractivity contribution in [3.05, 3.63) is 28.8 Å². The highest BCUT2D eigenvalue weighted by Crippen LogP contribution is 2.40. The van der Waals surface area contributed by atoms with E-state index in [-0.39, 0.29) is 23.7 Å². The Morgan fingerprint density at radius 3 is 2.55 bits per heavy atom. The van der Waals surface area contributed by atoms with Gasteiger partial charge in [-0.3, -0.25) is 4.79 Å². The molecule has 0 aliphatic heterocycles. The van der Waals surface area contributed by atoms with Crippen LogP contribution in [0.15, 0.2) is 12.1 Å². The maximum atomic E-state index is 12.1. The van der Waals surface area contributed by atoms with Crippen LogP contribution in [0, 0.1) is 6.92 Å². The minimum absolute atomic E-state index is 0.000460. The molecule has 20 heavy (non-hydrogen) atoms. The highest BCUT2D eigenvalue weighted by molar-refractivity contribution is 6.01. The summed E-state index contributed by atoms with van der Waals surface area (Å²) in [7, 11) is 0. The van der Waals surface area contributed by atoms with Gasteiger partial charge in [-0.1, -0.05) is 6.07 Å². The molecule has 1 aromatic rings. The lowest BCUT2D eigenvalue weighted by molar-refractivity contribution is -0.151. The van der Waals surface area contributed by atoms with Crippen LogP contribution < -0.4 is 0 Å². The number of carbonyl (C=O) groups excluding carboxylic acids is 1. The van der Waals surface area contributed by atoms with Gasteiger partial charge >= 0.3 is 0 Å². The molecule has 0 bridgehead atoms. The molecule has 1 N–H and O–H groups in total. The van der Waals surface area contributed by atoms with E-state index < -0.39 is 0 Å². The van der Waals surface area contributed by atoms with Crippen molar-refractivity contribution in [2.24, 2.45) is 0 Å². The summed E-state index contributed by atoms with van der Waals surface area (Å²) in [4.78, 5) is 12.1. The van der Waals surface area contributed by atoms with E-state index in [1.807, 2.05) is 26.8 Å². The van der Waals surface area contributed by atoms with Gasteiger partial charge in [0.15, 0.2) is 12.1 Å². The fraction of sp³-hybridized carbons (Fsp3) is 0.562. The first-order chi connectivity index (χ1) is 9.58. The standard InChI is InChI=1S/C16H22O4/c1-4-19-16(20-5-2)11-6-7-13(17)15-12(11)8-10(3)9-14(15)18/h8-9,11,16,18H,4-7H2,1-3H3. The molecule has 0 saturated heterocycles. The topological polar surface area (TPSA) is 55.8 Å². The summed E-state index contributed by atoms with van der Waals surface area (Å²) in [5.74, 6) is 0.0651. The van der Waals surface area contributed by atoms with Crippen LogP contribution in [0.25, 0.3) is 0 Å². The molecule has 1 unspecified atom stereocenters. The molecule has 0 amide bonds. The monoisotopic (exact) mass is 278 g/mol. The molecule has 0 aromatic heterocycles. The average molecular weight is 278 g/mol. The predicted octanol–water partition coefficient (Wildman–Crippen LogP) is 3.16. The first-order valence-electron chi connectivity index (χ1n) is 7.18. The van der Waals surface area contributed by atoms with Gasteiger partial charge in [0.2, 0.25) is 0 Å². The molecule has 1 atom stereocenters. The molecule has 4 heteroatoms. The van der Waals surface area contributed by atoms with Gasteiger partial charge in [-0.2, -0.15) is 0 Å².